The van der Waals surface area contributed by atoms with E-state index in [1.54, 1.807) is 0 Å². The lowest BCUT2D eigenvalue weighted by molar-refractivity contribution is -0.121. The second-order valence-electron chi connectivity index (χ2n) is 4.01. The molecule has 0 aromatic carbocycles. The molecule has 1 amide bonds. The van der Waals surface area contributed by atoms with Crippen LogP contribution in [-0.4, -0.2) is 10.9 Å². The fraction of sp³-hybridized carbons (Fsp3) is 0.429. The Morgan fingerprint density at radius 3 is 2.88 bits per heavy atom. The summed E-state index contributed by atoms with van der Waals surface area (Å²) in [7, 11) is 0. The third-order valence-electron chi connectivity index (χ3n) is 2.55. The van der Waals surface area contributed by atoms with Gasteiger partial charge in [-0.3, -0.25) is 9.78 Å². The van der Waals surface area contributed by atoms with Gasteiger partial charge in [-0.25, -0.2) is 0 Å². The summed E-state index contributed by atoms with van der Waals surface area (Å²) in [6.45, 7) is 5.91. The maximum absolute atomic E-state index is 11.6. The van der Waals surface area contributed by atoms with E-state index in [2.05, 4.69) is 10.3 Å². The Morgan fingerprint density at radius 1 is 1.53 bits per heavy atom. The smallest absolute Gasteiger partial charge is 0.224 e. The van der Waals surface area contributed by atoms with Crippen LogP contribution in [0.3, 0.4) is 0 Å². The molecule has 3 nitrogen and oxygen atoms in total. The van der Waals surface area contributed by atoms with E-state index in [9.17, 15) is 4.79 Å². The van der Waals surface area contributed by atoms with Crippen LogP contribution < -0.4 is 5.32 Å². The monoisotopic (exact) mass is 232 g/mol. The minimum absolute atomic E-state index is 0.00709. The zero-order chi connectivity index (χ0) is 12.7. The summed E-state index contributed by atoms with van der Waals surface area (Å²) < 4.78 is 0. The van der Waals surface area contributed by atoms with Crippen LogP contribution in [-0.2, 0) is 4.79 Å². The summed E-state index contributed by atoms with van der Waals surface area (Å²) >= 11 is 0. The highest BCUT2D eigenvalue weighted by molar-refractivity contribution is 5.77. The lowest BCUT2D eigenvalue weighted by atomic mass is 10.1. The third kappa shape index (κ3) is 4.39. The Hall–Kier alpha value is -1.64. The van der Waals surface area contributed by atoms with Crippen molar-refractivity contribution in [2.45, 2.75) is 39.7 Å². The fourth-order valence-electron chi connectivity index (χ4n) is 1.62. The Labute approximate surface area is 103 Å². The largest absolute Gasteiger partial charge is 0.347 e. The normalized spacial score (nSPS) is 12.6. The van der Waals surface area contributed by atoms with E-state index in [1.165, 1.54) is 0 Å². The van der Waals surface area contributed by atoms with Gasteiger partial charge in [0.05, 0.1) is 11.7 Å². The summed E-state index contributed by atoms with van der Waals surface area (Å²) in [6.07, 6.45) is 5.01. The SMILES string of the molecule is C/C=C/CC(=O)N[C@H](CC)c1cccc(C)n1. The number of hydrogen-bond acceptors (Lipinski definition) is 2. The molecule has 0 radical (unpaired) electrons. The van der Waals surface area contributed by atoms with Crippen molar-refractivity contribution >= 4 is 5.91 Å². The number of nitrogens with one attached hydrogen (secondary N) is 1. The average molecular weight is 232 g/mol. The molecular weight excluding hydrogens is 212 g/mol. The van der Waals surface area contributed by atoms with Crippen molar-refractivity contribution in [1.29, 1.82) is 0 Å². The molecule has 0 aliphatic rings. The van der Waals surface area contributed by atoms with Crippen molar-refractivity contribution in [2.24, 2.45) is 0 Å². The molecule has 1 aromatic heterocycles. The topological polar surface area (TPSA) is 42.0 Å². The first-order valence-electron chi connectivity index (χ1n) is 6.01. The molecule has 0 spiro atoms. The molecule has 0 aliphatic heterocycles. The number of carbonyl (C=O) groups is 1. The quantitative estimate of drug-likeness (QED) is 0.793. The highest BCUT2D eigenvalue weighted by Gasteiger charge is 2.12. The van der Waals surface area contributed by atoms with Gasteiger partial charge in [-0.15, -0.1) is 0 Å². The first-order valence-corrected chi connectivity index (χ1v) is 6.01. The van der Waals surface area contributed by atoms with E-state index in [1.807, 2.05) is 51.1 Å². The number of aromatic nitrogens is 1. The second kappa shape index (κ2) is 6.84. The van der Waals surface area contributed by atoms with E-state index in [0.29, 0.717) is 6.42 Å². The van der Waals surface area contributed by atoms with E-state index in [4.69, 9.17) is 0 Å². The van der Waals surface area contributed by atoms with Crippen LogP contribution in [0.2, 0.25) is 0 Å². The predicted molar refractivity (Wildman–Crippen MR) is 69.6 cm³/mol. The Morgan fingerprint density at radius 2 is 2.29 bits per heavy atom. The van der Waals surface area contributed by atoms with Crippen molar-refractivity contribution in [3.05, 3.63) is 41.7 Å². The number of amides is 1. The number of pyridine rings is 1. The molecule has 1 N–H and O–H groups in total. The standard InChI is InChI=1S/C14H20N2O/c1-4-6-10-14(17)16-12(5-2)13-9-7-8-11(3)15-13/h4,6-9,12H,5,10H2,1-3H3,(H,16,17)/b6-4+/t12-/m1/s1. The van der Waals surface area contributed by atoms with Crippen molar-refractivity contribution in [2.75, 3.05) is 0 Å². The zero-order valence-corrected chi connectivity index (χ0v) is 10.7. The number of allylic oxidation sites excluding steroid dienone is 1. The van der Waals surface area contributed by atoms with Gasteiger partial charge in [-0.2, -0.15) is 0 Å². The minimum atomic E-state index is 0.00709. The minimum Gasteiger partial charge on any atom is -0.347 e. The maximum Gasteiger partial charge on any atom is 0.224 e. The van der Waals surface area contributed by atoms with Crippen LogP contribution in [0.1, 0.15) is 44.1 Å². The second-order valence-corrected chi connectivity index (χ2v) is 4.01. The average Bonchev–Trinajstić information content (AvgIpc) is 2.33. The fourth-order valence-corrected chi connectivity index (χ4v) is 1.62. The summed E-state index contributed by atoms with van der Waals surface area (Å²) in [5, 5.41) is 2.99. The summed E-state index contributed by atoms with van der Waals surface area (Å²) in [4.78, 5) is 16.1. The predicted octanol–water partition coefficient (Wildman–Crippen LogP) is 2.92. The molecule has 0 bridgehead atoms. The molecule has 1 aromatic rings. The van der Waals surface area contributed by atoms with Crippen LogP contribution in [0.4, 0.5) is 0 Å². The van der Waals surface area contributed by atoms with Crippen molar-refractivity contribution in [1.82, 2.24) is 10.3 Å². The van der Waals surface area contributed by atoms with Gasteiger partial charge in [0.1, 0.15) is 0 Å². The molecule has 92 valence electrons. The molecule has 0 aliphatic carbocycles. The van der Waals surface area contributed by atoms with Crippen LogP contribution in [0.5, 0.6) is 0 Å². The van der Waals surface area contributed by atoms with Crippen LogP contribution in [0.25, 0.3) is 0 Å². The van der Waals surface area contributed by atoms with Gasteiger partial charge in [-0.1, -0.05) is 25.1 Å². The Bertz CT molecular complexity index is 399. The Kier molecular flexibility index (Phi) is 5.40. The van der Waals surface area contributed by atoms with E-state index >= 15 is 0 Å². The number of nitrogens with zero attached hydrogens (tertiary/aromatic N) is 1. The molecular formula is C14H20N2O. The van der Waals surface area contributed by atoms with E-state index < -0.39 is 0 Å². The van der Waals surface area contributed by atoms with Gasteiger partial charge in [0.15, 0.2) is 0 Å². The van der Waals surface area contributed by atoms with Crippen molar-refractivity contribution in [3.63, 3.8) is 0 Å². The van der Waals surface area contributed by atoms with Gasteiger partial charge in [-0.05, 0) is 32.4 Å². The molecule has 3 heteroatoms. The Balaban J connectivity index is 2.68. The van der Waals surface area contributed by atoms with Crippen LogP contribution in [0.15, 0.2) is 30.4 Å². The molecule has 0 fully saturated rings. The van der Waals surface area contributed by atoms with Gasteiger partial charge in [0.25, 0.3) is 0 Å². The number of aryl methyl sites for hydroxylation is 1. The molecule has 1 rings (SSSR count). The highest BCUT2D eigenvalue weighted by atomic mass is 16.1. The summed E-state index contributed by atoms with van der Waals surface area (Å²) in [5.41, 5.74) is 1.91. The highest BCUT2D eigenvalue weighted by Crippen LogP contribution is 2.14. The van der Waals surface area contributed by atoms with Gasteiger partial charge < -0.3 is 5.32 Å². The van der Waals surface area contributed by atoms with Gasteiger partial charge >= 0.3 is 0 Å². The summed E-state index contributed by atoms with van der Waals surface area (Å²) in [5.74, 6) is 0.0401. The third-order valence-corrected chi connectivity index (χ3v) is 2.55. The molecule has 1 heterocycles. The number of rotatable bonds is 5. The molecule has 0 saturated carbocycles. The molecule has 0 saturated heterocycles. The number of carbonyl (C=O) groups excluding carboxylic acids is 1. The molecule has 1 atom stereocenters. The summed E-state index contributed by atoms with van der Waals surface area (Å²) in [6, 6.07) is 5.89. The first kappa shape index (κ1) is 13.4. The molecule has 0 unspecified atom stereocenters. The van der Waals surface area contributed by atoms with Gasteiger partial charge in [0, 0.05) is 12.1 Å². The van der Waals surface area contributed by atoms with Crippen molar-refractivity contribution in [3.8, 4) is 0 Å². The van der Waals surface area contributed by atoms with Crippen LogP contribution in [0, 0.1) is 6.92 Å². The molecule has 17 heavy (non-hydrogen) atoms. The lowest BCUT2D eigenvalue weighted by Gasteiger charge is -2.16. The van der Waals surface area contributed by atoms with Gasteiger partial charge in [0.2, 0.25) is 5.91 Å². The van der Waals surface area contributed by atoms with Crippen LogP contribution >= 0.6 is 0 Å². The van der Waals surface area contributed by atoms with E-state index in [0.717, 1.165) is 17.8 Å². The first-order chi connectivity index (χ1) is 8.17. The number of hydrogen-bond donors (Lipinski definition) is 1. The van der Waals surface area contributed by atoms with Crippen molar-refractivity contribution < 1.29 is 4.79 Å². The zero-order valence-electron chi connectivity index (χ0n) is 10.7. The maximum atomic E-state index is 11.6. The van der Waals surface area contributed by atoms with E-state index in [-0.39, 0.29) is 11.9 Å². The lowest BCUT2D eigenvalue weighted by Crippen LogP contribution is -2.28.